The van der Waals surface area contributed by atoms with E-state index in [1.165, 1.54) is 7.11 Å². The lowest BCUT2D eigenvalue weighted by molar-refractivity contribution is -0.156. The van der Waals surface area contributed by atoms with Crippen molar-refractivity contribution in [1.29, 1.82) is 0 Å². The fraction of sp³-hybridized carbons (Fsp3) is 0.615. The number of aliphatic carboxylic acids is 1. The van der Waals surface area contributed by atoms with Gasteiger partial charge in [0.05, 0.1) is 25.3 Å². The minimum Gasteiger partial charge on any atom is -0.481 e. The van der Waals surface area contributed by atoms with Gasteiger partial charge in [-0.1, -0.05) is 13.3 Å². The van der Waals surface area contributed by atoms with Gasteiger partial charge in [-0.2, -0.15) is 0 Å². The number of hydrogen-bond donors (Lipinski definition) is 1. The van der Waals surface area contributed by atoms with Crippen molar-refractivity contribution in [3.63, 3.8) is 0 Å². The summed E-state index contributed by atoms with van der Waals surface area (Å²) in [7, 11) is 3.09. The largest absolute Gasteiger partial charge is 0.481 e. The zero-order valence-electron chi connectivity index (χ0n) is 11.5. The summed E-state index contributed by atoms with van der Waals surface area (Å²) in [6.07, 6.45) is 4.74. The third kappa shape index (κ3) is 3.81. The lowest BCUT2D eigenvalue weighted by Crippen LogP contribution is -2.33. The lowest BCUT2D eigenvalue weighted by Gasteiger charge is -2.21. The van der Waals surface area contributed by atoms with E-state index in [1.54, 1.807) is 17.1 Å². The summed E-state index contributed by atoms with van der Waals surface area (Å²) in [5.74, 6) is -2.85. The SMILES string of the molecule is CCC[C@H](C(=O)O)[C@@H](Cc1cncn1C)C(=O)OC. The van der Waals surface area contributed by atoms with Gasteiger partial charge >= 0.3 is 11.9 Å². The third-order valence-corrected chi connectivity index (χ3v) is 3.25. The maximum Gasteiger partial charge on any atom is 0.309 e. The summed E-state index contributed by atoms with van der Waals surface area (Å²) >= 11 is 0. The summed E-state index contributed by atoms with van der Waals surface area (Å²) in [5.41, 5.74) is 0.817. The van der Waals surface area contributed by atoms with Gasteiger partial charge in [0.15, 0.2) is 0 Å². The Balaban J connectivity index is 2.96. The number of imidazole rings is 1. The van der Waals surface area contributed by atoms with E-state index in [0.29, 0.717) is 19.3 Å². The Bertz CT molecular complexity index is 442. The number of hydrogen-bond acceptors (Lipinski definition) is 4. The molecule has 1 heterocycles. The molecule has 1 rings (SSSR count). The molecule has 0 saturated carbocycles. The first-order valence-electron chi connectivity index (χ1n) is 6.27. The van der Waals surface area contributed by atoms with Gasteiger partial charge in [0.25, 0.3) is 0 Å². The van der Waals surface area contributed by atoms with Crippen LogP contribution < -0.4 is 0 Å². The van der Waals surface area contributed by atoms with Crippen molar-refractivity contribution >= 4 is 11.9 Å². The fourth-order valence-electron chi connectivity index (χ4n) is 2.16. The maximum atomic E-state index is 11.9. The Labute approximate surface area is 112 Å². The Morgan fingerprint density at radius 1 is 1.47 bits per heavy atom. The average molecular weight is 268 g/mol. The number of rotatable bonds is 7. The molecule has 2 atom stereocenters. The van der Waals surface area contributed by atoms with Crippen LogP contribution in [0.25, 0.3) is 0 Å². The molecule has 106 valence electrons. The highest BCUT2D eigenvalue weighted by molar-refractivity contribution is 5.81. The second kappa shape index (κ2) is 6.92. The van der Waals surface area contributed by atoms with Crippen LogP contribution in [0, 0.1) is 11.8 Å². The zero-order chi connectivity index (χ0) is 14.4. The first kappa shape index (κ1) is 15.2. The van der Waals surface area contributed by atoms with E-state index in [2.05, 4.69) is 4.98 Å². The van der Waals surface area contributed by atoms with Crippen molar-refractivity contribution in [2.45, 2.75) is 26.2 Å². The molecule has 0 unspecified atom stereocenters. The zero-order valence-corrected chi connectivity index (χ0v) is 11.5. The number of methoxy groups -OCH3 is 1. The van der Waals surface area contributed by atoms with E-state index < -0.39 is 23.8 Å². The molecule has 1 N–H and O–H groups in total. The van der Waals surface area contributed by atoms with Gasteiger partial charge in [0, 0.05) is 25.4 Å². The highest BCUT2D eigenvalue weighted by Gasteiger charge is 2.34. The number of ether oxygens (including phenoxy) is 1. The van der Waals surface area contributed by atoms with Crippen LogP contribution in [-0.2, 0) is 27.8 Å². The van der Waals surface area contributed by atoms with Gasteiger partial charge in [-0.15, -0.1) is 0 Å². The van der Waals surface area contributed by atoms with Crippen molar-refractivity contribution in [2.24, 2.45) is 18.9 Å². The summed E-state index contributed by atoms with van der Waals surface area (Å²) < 4.78 is 6.53. The predicted octanol–water partition coefficient (Wildman–Crippen LogP) is 1.25. The summed E-state index contributed by atoms with van der Waals surface area (Å²) in [5, 5.41) is 9.29. The topological polar surface area (TPSA) is 81.4 Å². The standard InChI is InChI=1S/C13H20N2O4/c1-4-5-10(12(16)17)11(13(18)19-3)6-9-7-14-8-15(9)2/h7-8,10-11H,4-6H2,1-3H3,(H,16,17)/t10-,11+/m0/s1. The van der Waals surface area contributed by atoms with Gasteiger partial charge in [-0.05, 0) is 6.42 Å². The first-order chi connectivity index (χ1) is 9.01. The first-order valence-corrected chi connectivity index (χ1v) is 6.27. The van der Waals surface area contributed by atoms with Crippen LogP contribution >= 0.6 is 0 Å². The van der Waals surface area contributed by atoms with Crippen molar-refractivity contribution in [2.75, 3.05) is 7.11 Å². The molecule has 0 aliphatic carbocycles. The van der Waals surface area contributed by atoms with Crippen LogP contribution in [0.5, 0.6) is 0 Å². The maximum absolute atomic E-state index is 11.9. The highest BCUT2D eigenvalue weighted by Crippen LogP contribution is 2.23. The summed E-state index contributed by atoms with van der Waals surface area (Å²) in [4.78, 5) is 27.2. The monoisotopic (exact) mass is 268 g/mol. The molecule has 0 amide bonds. The Kier molecular flexibility index (Phi) is 5.54. The van der Waals surface area contributed by atoms with E-state index in [9.17, 15) is 14.7 Å². The Morgan fingerprint density at radius 3 is 2.58 bits per heavy atom. The van der Waals surface area contributed by atoms with Crippen molar-refractivity contribution in [3.05, 3.63) is 18.2 Å². The molecule has 1 aromatic rings. The number of esters is 1. The van der Waals surface area contributed by atoms with Gasteiger partial charge in [-0.25, -0.2) is 4.98 Å². The van der Waals surface area contributed by atoms with Crippen LogP contribution in [0.2, 0.25) is 0 Å². The molecule has 6 heteroatoms. The molecule has 0 spiro atoms. The van der Waals surface area contributed by atoms with Gasteiger partial charge in [0.1, 0.15) is 0 Å². The number of carbonyl (C=O) groups excluding carboxylic acids is 1. The molecule has 0 fully saturated rings. The molecule has 19 heavy (non-hydrogen) atoms. The Hall–Kier alpha value is -1.85. The molecule has 0 aromatic carbocycles. The number of nitrogens with zero attached hydrogens (tertiary/aromatic N) is 2. The number of carboxylic acids is 1. The van der Waals surface area contributed by atoms with Crippen LogP contribution in [-0.4, -0.2) is 33.7 Å². The van der Waals surface area contributed by atoms with E-state index >= 15 is 0 Å². The van der Waals surface area contributed by atoms with Gasteiger partial charge in [0.2, 0.25) is 0 Å². The highest BCUT2D eigenvalue weighted by atomic mass is 16.5. The molecular formula is C13H20N2O4. The predicted molar refractivity (Wildman–Crippen MR) is 68.5 cm³/mol. The van der Waals surface area contributed by atoms with Crippen LogP contribution in [0.15, 0.2) is 12.5 Å². The second-order valence-electron chi connectivity index (χ2n) is 4.56. The lowest BCUT2D eigenvalue weighted by atomic mass is 9.85. The van der Waals surface area contributed by atoms with E-state index in [0.717, 1.165) is 5.69 Å². The molecule has 6 nitrogen and oxygen atoms in total. The quantitative estimate of drug-likeness (QED) is 0.753. The average Bonchev–Trinajstić information content (AvgIpc) is 2.78. The minimum absolute atomic E-state index is 0.320. The molecule has 0 saturated heterocycles. The molecule has 1 aromatic heterocycles. The molecular weight excluding hydrogens is 248 g/mol. The summed E-state index contributed by atoms with van der Waals surface area (Å²) in [6, 6.07) is 0. The smallest absolute Gasteiger partial charge is 0.309 e. The number of carbonyl (C=O) groups is 2. The number of aryl methyl sites for hydroxylation is 1. The fourth-order valence-corrected chi connectivity index (χ4v) is 2.16. The molecule has 0 bridgehead atoms. The molecule has 0 aliphatic rings. The summed E-state index contributed by atoms with van der Waals surface area (Å²) in [6.45, 7) is 1.90. The van der Waals surface area contributed by atoms with Crippen molar-refractivity contribution < 1.29 is 19.4 Å². The number of aromatic nitrogens is 2. The van der Waals surface area contributed by atoms with Crippen LogP contribution in [0.3, 0.4) is 0 Å². The Morgan fingerprint density at radius 2 is 2.16 bits per heavy atom. The van der Waals surface area contributed by atoms with Gasteiger partial charge < -0.3 is 14.4 Å². The van der Waals surface area contributed by atoms with Gasteiger partial charge in [-0.3, -0.25) is 9.59 Å². The van der Waals surface area contributed by atoms with E-state index in [4.69, 9.17) is 4.74 Å². The van der Waals surface area contributed by atoms with Crippen molar-refractivity contribution in [1.82, 2.24) is 9.55 Å². The molecule has 0 radical (unpaired) electrons. The number of carboxylic acid groups (broad SMARTS) is 1. The normalized spacial score (nSPS) is 13.8. The van der Waals surface area contributed by atoms with E-state index in [-0.39, 0.29) is 0 Å². The van der Waals surface area contributed by atoms with E-state index in [1.807, 2.05) is 14.0 Å². The second-order valence-corrected chi connectivity index (χ2v) is 4.56. The van der Waals surface area contributed by atoms with Crippen molar-refractivity contribution in [3.8, 4) is 0 Å². The third-order valence-electron chi connectivity index (χ3n) is 3.25. The van der Waals surface area contributed by atoms with Crippen LogP contribution in [0.4, 0.5) is 0 Å². The minimum atomic E-state index is -0.959. The molecule has 0 aliphatic heterocycles. The van der Waals surface area contributed by atoms with Crippen LogP contribution in [0.1, 0.15) is 25.5 Å².